The number of aromatic nitrogens is 2. The molecule has 0 unspecified atom stereocenters. The van der Waals surface area contributed by atoms with Gasteiger partial charge in [0.15, 0.2) is 5.96 Å². The van der Waals surface area contributed by atoms with Gasteiger partial charge < -0.3 is 10.6 Å². The predicted molar refractivity (Wildman–Crippen MR) is 103 cm³/mol. The number of rotatable bonds is 8. The Kier molecular flexibility index (Phi) is 7.98. The molecule has 2 N–H and O–H groups in total. The molecule has 2 aromatic rings. The lowest BCUT2D eigenvalue weighted by molar-refractivity contribution is 0.745. The lowest BCUT2D eigenvalue weighted by Gasteiger charge is -2.11. The first-order chi connectivity index (χ1) is 11.7. The zero-order chi connectivity index (χ0) is 17.2. The molecule has 1 aromatic heterocycles. The third kappa shape index (κ3) is 6.84. The summed E-state index contributed by atoms with van der Waals surface area (Å²) in [6.07, 6.45) is 6.04. The molecule has 1 heterocycles. The maximum atomic E-state index is 5.88. The molecule has 0 saturated heterocycles. The number of hydrogen-bond acceptors (Lipinski definition) is 3. The van der Waals surface area contributed by atoms with Crippen LogP contribution in [-0.4, -0.2) is 41.6 Å². The number of hydrogen-bond donors (Lipinski definition) is 2. The van der Waals surface area contributed by atoms with Crippen molar-refractivity contribution in [2.24, 2.45) is 12.0 Å². The molecular weight excluding hydrogens is 342 g/mol. The number of nitrogens with zero attached hydrogens (tertiary/aromatic N) is 3. The molecule has 0 atom stereocenters. The molecule has 7 heteroatoms. The van der Waals surface area contributed by atoms with E-state index in [1.54, 1.807) is 18.8 Å². The van der Waals surface area contributed by atoms with Crippen molar-refractivity contribution in [1.82, 2.24) is 20.4 Å². The Balaban J connectivity index is 1.57. The number of nitrogens with one attached hydrogen (secondary N) is 2. The molecule has 0 fully saturated rings. The number of benzene rings is 1. The molecule has 0 radical (unpaired) electrons. The topological polar surface area (TPSA) is 54.2 Å². The summed E-state index contributed by atoms with van der Waals surface area (Å²) in [5.74, 6) is 1.82. The van der Waals surface area contributed by atoms with E-state index in [2.05, 4.69) is 26.9 Å². The van der Waals surface area contributed by atoms with Gasteiger partial charge in [0.05, 0.1) is 6.20 Å². The molecule has 0 bridgehead atoms. The fraction of sp³-hybridized carbons (Fsp3) is 0.412. The van der Waals surface area contributed by atoms with Crippen LogP contribution in [0.4, 0.5) is 0 Å². The minimum Gasteiger partial charge on any atom is -0.356 e. The summed E-state index contributed by atoms with van der Waals surface area (Å²) in [4.78, 5) is 5.47. The molecule has 0 aliphatic rings. The van der Waals surface area contributed by atoms with Crippen molar-refractivity contribution < 1.29 is 0 Å². The van der Waals surface area contributed by atoms with Crippen LogP contribution in [0.5, 0.6) is 0 Å². The van der Waals surface area contributed by atoms with E-state index in [4.69, 9.17) is 11.6 Å². The van der Waals surface area contributed by atoms with Gasteiger partial charge in [-0.25, -0.2) is 0 Å². The number of thioether (sulfide) groups is 1. The van der Waals surface area contributed by atoms with Crippen molar-refractivity contribution in [1.29, 1.82) is 0 Å². The van der Waals surface area contributed by atoms with Gasteiger partial charge >= 0.3 is 0 Å². The predicted octanol–water partition coefficient (Wildman–Crippen LogP) is 2.96. The summed E-state index contributed by atoms with van der Waals surface area (Å²) >= 11 is 7.68. The Labute approximate surface area is 152 Å². The smallest absolute Gasteiger partial charge is 0.191 e. The SMILES string of the molecule is CN=C(NCCCc1cnn(C)c1)NCCSc1ccc(Cl)cc1. The van der Waals surface area contributed by atoms with Crippen molar-refractivity contribution in [3.63, 3.8) is 0 Å². The van der Waals surface area contributed by atoms with Crippen molar-refractivity contribution in [3.8, 4) is 0 Å². The number of halogens is 1. The Morgan fingerprint density at radius 1 is 1.25 bits per heavy atom. The largest absolute Gasteiger partial charge is 0.356 e. The molecule has 0 aliphatic heterocycles. The second kappa shape index (κ2) is 10.3. The van der Waals surface area contributed by atoms with Gasteiger partial charge in [0.1, 0.15) is 0 Å². The zero-order valence-electron chi connectivity index (χ0n) is 14.1. The Morgan fingerprint density at radius 3 is 2.67 bits per heavy atom. The maximum Gasteiger partial charge on any atom is 0.191 e. The average molecular weight is 366 g/mol. The summed E-state index contributed by atoms with van der Waals surface area (Å²) in [7, 11) is 3.73. The summed E-state index contributed by atoms with van der Waals surface area (Å²) in [5, 5.41) is 11.6. The second-order valence-electron chi connectivity index (χ2n) is 5.35. The van der Waals surface area contributed by atoms with Crippen molar-refractivity contribution in [2.75, 3.05) is 25.9 Å². The van der Waals surface area contributed by atoms with E-state index in [1.165, 1.54) is 10.5 Å². The van der Waals surface area contributed by atoms with Crippen LogP contribution in [0.1, 0.15) is 12.0 Å². The van der Waals surface area contributed by atoms with Gasteiger partial charge in [0.25, 0.3) is 0 Å². The van der Waals surface area contributed by atoms with Gasteiger partial charge in [-0.05, 0) is 42.7 Å². The molecule has 24 heavy (non-hydrogen) atoms. The monoisotopic (exact) mass is 365 g/mol. The van der Waals surface area contributed by atoms with Gasteiger partial charge in [-0.1, -0.05) is 11.6 Å². The third-order valence-electron chi connectivity index (χ3n) is 3.39. The first kappa shape index (κ1) is 18.7. The van der Waals surface area contributed by atoms with Crippen molar-refractivity contribution in [2.45, 2.75) is 17.7 Å². The van der Waals surface area contributed by atoms with E-state index < -0.39 is 0 Å². The molecular formula is C17H24ClN5S. The molecule has 130 valence electrons. The quantitative estimate of drug-likeness (QED) is 0.327. The van der Waals surface area contributed by atoms with Gasteiger partial charge in [-0.3, -0.25) is 9.67 Å². The van der Waals surface area contributed by atoms with E-state index in [0.717, 1.165) is 42.7 Å². The molecule has 0 spiro atoms. The maximum absolute atomic E-state index is 5.88. The number of guanidine groups is 1. The fourth-order valence-corrected chi connectivity index (χ4v) is 3.08. The van der Waals surface area contributed by atoms with Crippen LogP contribution in [0.3, 0.4) is 0 Å². The minimum absolute atomic E-state index is 0.772. The van der Waals surface area contributed by atoms with E-state index in [1.807, 2.05) is 42.2 Å². The lowest BCUT2D eigenvalue weighted by atomic mass is 10.2. The molecule has 5 nitrogen and oxygen atoms in total. The zero-order valence-corrected chi connectivity index (χ0v) is 15.7. The van der Waals surface area contributed by atoms with Crippen molar-refractivity contribution in [3.05, 3.63) is 47.2 Å². The summed E-state index contributed by atoms with van der Waals surface area (Å²) in [6.45, 7) is 1.74. The van der Waals surface area contributed by atoms with E-state index in [0.29, 0.717) is 0 Å². The molecule has 0 aliphatic carbocycles. The lowest BCUT2D eigenvalue weighted by Crippen LogP contribution is -2.38. The first-order valence-corrected chi connectivity index (χ1v) is 9.34. The fourth-order valence-electron chi connectivity index (χ4n) is 2.19. The molecule has 0 amide bonds. The highest BCUT2D eigenvalue weighted by Crippen LogP contribution is 2.19. The van der Waals surface area contributed by atoms with Gasteiger partial charge in [-0.2, -0.15) is 5.10 Å². The summed E-state index contributed by atoms with van der Waals surface area (Å²) < 4.78 is 1.83. The van der Waals surface area contributed by atoms with E-state index in [-0.39, 0.29) is 0 Å². The van der Waals surface area contributed by atoms with Crippen LogP contribution in [0.25, 0.3) is 0 Å². The normalized spacial score (nSPS) is 11.5. The third-order valence-corrected chi connectivity index (χ3v) is 4.66. The highest BCUT2D eigenvalue weighted by atomic mass is 35.5. The van der Waals surface area contributed by atoms with Crippen LogP contribution in [-0.2, 0) is 13.5 Å². The number of aliphatic imine (C=N–C) groups is 1. The highest BCUT2D eigenvalue weighted by Gasteiger charge is 2.00. The van der Waals surface area contributed by atoms with E-state index >= 15 is 0 Å². The summed E-state index contributed by atoms with van der Waals surface area (Å²) in [6, 6.07) is 7.91. The van der Waals surface area contributed by atoms with Crippen molar-refractivity contribution >= 4 is 29.3 Å². The summed E-state index contributed by atoms with van der Waals surface area (Å²) in [5.41, 5.74) is 1.27. The Hall–Kier alpha value is -1.66. The highest BCUT2D eigenvalue weighted by molar-refractivity contribution is 7.99. The first-order valence-electron chi connectivity index (χ1n) is 7.98. The average Bonchev–Trinajstić information content (AvgIpc) is 3.00. The van der Waals surface area contributed by atoms with Gasteiger partial charge in [0.2, 0.25) is 0 Å². The number of aryl methyl sites for hydroxylation is 2. The second-order valence-corrected chi connectivity index (χ2v) is 6.96. The molecule has 2 rings (SSSR count). The van der Waals surface area contributed by atoms with Crippen LogP contribution in [0.15, 0.2) is 46.5 Å². The Bertz CT molecular complexity index is 639. The molecule has 0 saturated carbocycles. The van der Waals surface area contributed by atoms with Crippen LogP contribution < -0.4 is 10.6 Å². The van der Waals surface area contributed by atoms with Gasteiger partial charge in [-0.15, -0.1) is 11.8 Å². The van der Waals surface area contributed by atoms with E-state index in [9.17, 15) is 0 Å². The van der Waals surface area contributed by atoms with Crippen LogP contribution >= 0.6 is 23.4 Å². The standard InChI is InChI=1S/C17H24ClN5S/c1-19-17(20-9-3-4-14-12-22-23(2)13-14)21-10-11-24-16-7-5-15(18)6-8-16/h5-8,12-13H,3-4,9-11H2,1-2H3,(H2,19,20,21). The Morgan fingerprint density at radius 2 is 2.00 bits per heavy atom. The molecule has 1 aromatic carbocycles. The van der Waals surface area contributed by atoms with Gasteiger partial charge in [0, 0.05) is 49.1 Å². The van der Waals surface area contributed by atoms with Crippen LogP contribution in [0.2, 0.25) is 5.02 Å². The van der Waals surface area contributed by atoms with Crippen LogP contribution in [0, 0.1) is 0 Å². The minimum atomic E-state index is 0.772.